The predicted octanol–water partition coefficient (Wildman–Crippen LogP) is 0.345. The van der Waals surface area contributed by atoms with Crippen LogP contribution in [0.2, 0.25) is 0 Å². The van der Waals surface area contributed by atoms with Crippen LogP contribution >= 0.6 is 0 Å². The number of hydrogen-bond donors (Lipinski definition) is 1. The lowest BCUT2D eigenvalue weighted by Crippen LogP contribution is -3.00. The number of esters is 1. The van der Waals surface area contributed by atoms with Crippen LogP contribution in [0.15, 0.2) is 60.7 Å². The predicted molar refractivity (Wildman–Crippen MR) is 104 cm³/mol. The van der Waals surface area contributed by atoms with Crippen molar-refractivity contribution in [1.29, 1.82) is 0 Å². The van der Waals surface area contributed by atoms with Gasteiger partial charge in [-0.15, -0.1) is 0 Å². The van der Waals surface area contributed by atoms with Crippen molar-refractivity contribution in [3.63, 3.8) is 0 Å². The summed E-state index contributed by atoms with van der Waals surface area (Å²) >= 11 is 0. The van der Waals surface area contributed by atoms with Gasteiger partial charge in [0.05, 0.1) is 20.1 Å². The van der Waals surface area contributed by atoms with Crippen LogP contribution in [0.3, 0.4) is 0 Å². The van der Waals surface area contributed by atoms with E-state index in [1.807, 2.05) is 12.1 Å². The Morgan fingerprint density at radius 1 is 1.00 bits per heavy atom. The largest absolute Gasteiger partial charge is 1.00 e. The molecule has 0 aliphatic heterocycles. The molecule has 0 aliphatic carbocycles. The highest BCUT2D eigenvalue weighted by Crippen LogP contribution is 2.31. The molecule has 0 aromatic heterocycles. The lowest BCUT2D eigenvalue weighted by Gasteiger charge is -2.38. The summed E-state index contributed by atoms with van der Waals surface area (Å²) < 4.78 is 6.43. The summed E-state index contributed by atoms with van der Waals surface area (Å²) in [6.07, 6.45) is 0. The molecule has 2 aromatic rings. The number of quaternary nitrogens is 1. The second-order valence-electron chi connectivity index (χ2n) is 7.00. The van der Waals surface area contributed by atoms with Gasteiger partial charge in [0, 0.05) is 0 Å². The molecule has 0 spiro atoms. The van der Waals surface area contributed by atoms with Crippen LogP contribution in [0.1, 0.15) is 31.9 Å². The molecule has 1 atom stereocenters. The summed E-state index contributed by atoms with van der Waals surface area (Å²) in [5.41, 5.74) is -0.802. The van der Waals surface area contributed by atoms with Crippen LogP contribution < -0.4 is 24.0 Å². The second-order valence-corrected chi connectivity index (χ2v) is 7.00. The first-order valence-electron chi connectivity index (χ1n) is 9.23. The molecule has 0 fully saturated rings. The van der Waals surface area contributed by atoms with Gasteiger partial charge in [0.1, 0.15) is 12.6 Å². The standard InChI is InChI=1S/C22H30NO3.HI/c1-5-23(4,6-2)18(3)17-26-21(24)22(25,19-13-9-7-10-14-19)20-15-11-8-12-16-20;/h7-16,18,25H,5-6,17H2,1-4H3;1H/q+1;/p-1. The minimum Gasteiger partial charge on any atom is -1.00 e. The van der Waals surface area contributed by atoms with E-state index in [2.05, 4.69) is 27.8 Å². The Kier molecular flexibility index (Phi) is 8.91. The molecule has 2 aromatic carbocycles. The molecule has 0 radical (unpaired) electrons. The number of benzene rings is 2. The average Bonchev–Trinajstić information content (AvgIpc) is 2.71. The third-order valence-electron chi connectivity index (χ3n) is 5.64. The van der Waals surface area contributed by atoms with Crippen LogP contribution in [0.4, 0.5) is 0 Å². The molecule has 0 saturated carbocycles. The lowest BCUT2D eigenvalue weighted by atomic mass is 9.86. The summed E-state index contributed by atoms with van der Waals surface area (Å²) in [4.78, 5) is 13.0. The summed E-state index contributed by atoms with van der Waals surface area (Å²) in [6, 6.07) is 18.1. The third kappa shape index (κ3) is 5.09. The Morgan fingerprint density at radius 3 is 1.78 bits per heavy atom. The van der Waals surface area contributed by atoms with Gasteiger partial charge in [-0.2, -0.15) is 0 Å². The average molecular weight is 483 g/mol. The van der Waals surface area contributed by atoms with E-state index < -0.39 is 11.6 Å². The van der Waals surface area contributed by atoms with E-state index in [9.17, 15) is 9.90 Å². The minimum atomic E-state index is -1.82. The molecule has 5 heteroatoms. The van der Waals surface area contributed by atoms with E-state index in [1.54, 1.807) is 48.5 Å². The number of likely N-dealkylation sites (N-methyl/N-ethyl adjacent to an activating group) is 1. The number of ether oxygens (including phenoxy) is 1. The Bertz CT molecular complexity index is 663. The van der Waals surface area contributed by atoms with Crippen molar-refractivity contribution in [2.45, 2.75) is 32.4 Å². The third-order valence-corrected chi connectivity index (χ3v) is 5.64. The molecular weight excluding hydrogens is 453 g/mol. The van der Waals surface area contributed by atoms with Gasteiger partial charge < -0.3 is 38.3 Å². The fourth-order valence-electron chi connectivity index (χ4n) is 3.09. The summed E-state index contributed by atoms with van der Waals surface area (Å²) in [5.74, 6) is -0.638. The summed E-state index contributed by atoms with van der Waals surface area (Å²) in [5, 5.41) is 11.4. The topological polar surface area (TPSA) is 46.5 Å². The van der Waals surface area contributed by atoms with Gasteiger partial charge in [-0.05, 0) is 31.9 Å². The van der Waals surface area contributed by atoms with Crippen LogP contribution in [0.5, 0.6) is 0 Å². The van der Waals surface area contributed by atoms with Gasteiger partial charge in [0.2, 0.25) is 5.60 Å². The zero-order chi connectivity index (χ0) is 19.2. The Labute approximate surface area is 179 Å². The maximum Gasteiger partial charge on any atom is 0.347 e. The number of nitrogens with zero attached hydrogens (tertiary/aromatic N) is 1. The van der Waals surface area contributed by atoms with Crippen LogP contribution in [0, 0.1) is 0 Å². The number of rotatable bonds is 8. The van der Waals surface area contributed by atoms with Crippen molar-refractivity contribution in [3.05, 3.63) is 71.8 Å². The van der Waals surface area contributed by atoms with Gasteiger partial charge in [-0.1, -0.05) is 60.7 Å². The molecule has 27 heavy (non-hydrogen) atoms. The van der Waals surface area contributed by atoms with Crippen LogP contribution in [0.25, 0.3) is 0 Å². The van der Waals surface area contributed by atoms with Crippen molar-refractivity contribution >= 4 is 5.97 Å². The van der Waals surface area contributed by atoms with Crippen molar-refractivity contribution in [3.8, 4) is 0 Å². The quantitative estimate of drug-likeness (QED) is 0.335. The summed E-state index contributed by atoms with van der Waals surface area (Å²) in [7, 11) is 2.15. The van der Waals surface area contributed by atoms with E-state index in [0.29, 0.717) is 11.1 Å². The molecule has 1 N–H and O–H groups in total. The van der Waals surface area contributed by atoms with Crippen molar-refractivity contribution < 1.29 is 43.1 Å². The number of hydrogen-bond acceptors (Lipinski definition) is 3. The minimum absolute atomic E-state index is 0. The number of carbonyl (C=O) groups excluding carboxylic acids is 1. The molecule has 2 rings (SSSR count). The maximum absolute atomic E-state index is 13.0. The fourth-order valence-corrected chi connectivity index (χ4v) is 3.09. The van der Waals surface area contributed by atoms with Crippen LogP contribution in [-0.2, 0) is 15.1 Å². The first-order valence-corrected chi connectivity index (χ1v) is 9.23. The van der Waals surface area contributed by atoms with Gasteiger partial charge in [-0.3, -0.25) is 0 Å². The Balaban J connectivity index is 0.00000364. The van der Waals surface area contributed by atoms with E-state index in [4.69, 9.17) is 4.74 Å². The van der Waals surface area contributed by atoms with Gasteiger partial charge >= 0.3 is 5.97 Å². The number of aliphatic hydroxyl groups is 1. The zero-order valence-corrected chi connectivity index (χ0v) is 18.7. The molecular formula is C22H30INO3. The van der Waals surface area contributed by atoms with Crippen LogP contribution in [-0.4, -0.2) is 48.3 Å². The first-order chi connectivity index (χ1) is 12.4. The normalized spacial score (nSPS) is 12.8. The highest BCUT2D eigenvalue weighted by molar-refractivity contribution is 5.85. The van der Waals surface area contributed by atoms with Crippen molar-refractivity contribution in [2.75, 3.05) is 26.7 Å². The van der Waals surface area contributed by atoms with Gasteiger partial charge in [0.15, 0.2) is 0 Å². The molecule has 4 nitrogen and oxygen atoms in total. The maximum atomic E-state index is 13.0. The SMILES string of the molecule is CC[N+](C)(CC)C(C)COC(=O)C(O)(c1ccccc1)c1ccccc1.[I-]. The van der Waals surface area contributed by atoms with E-state index in [0.717, 1.165) is 17.6 Å². The van der Waals surface area contributed by atoms with Crippen molar-refractivity contribution in [1.82, 2.24) is 0 Å². The lowest BCUT2D eigenvalue weighted by molar-refractivity contribution is -0.928. The van der Waals surface area contributed by atoms with Gasteiger partial charge in [0.25, 0.3) is 0 Å². The van der Waals surface area contributed by atoms with E-state index in [1.165, 1.54) is 0 Å². The highest BCUT2D eigenvalue weighted by Gasteiger charge is 2.42. The zero-order valence-electron chi connectivity index (χ0n) is 16.6. The summed E-state index contributed by atoms with van der Waals surface area (Å²) in [6.45, 7) is 8.51. The molecule has 1 unspecified atom stereocenters. The molecule has 0 saturated heterocycles. The molecule has 0 aliphatic rings. The Hall–Kier alpha value is -1.44. The molecule has 0 amide bonds. The smallest absolute Gasteiger partial charge is 0.347 e. The monoisotopic (exact) mass is 483 g/mol. The second kappa shape index (κ2) is 10.2. The van der Waals surface area contributed by atoms with E-state index in [-0.39, 0.29) is 36.6 Å². The molecule has 0 heterocycles. The number of carbonyl (C=O) groups is 1. The van der Waals surface area contributed by atoms with Crippen molar-refractivity contribution in [2.24, 2.45) is 0 Å². The van der Waals surface area contributed by atoms with Gasteiger partial charge in [-0.25, -0.2) is 4.79 Å². The number of halogens is 1. The molecule has 0 bridgehead atoms. The fraction of sp³-hybridized carbons (Fsp3) is 0.409. The van der Waals surface area contributed by atoms with E-state index >= 15 is 0 Å². The first kappa shape index (κ1) is 23.6. The Morgan fingerprint density at radius 2 is 1.41 bits per heavy atom. The highest BCUT2D eigenvalue weighted by atomic mass is 127. The molecule has 148 valence electrons.